The molecule has 0 saturated carbocycles. The van der Waals surface area contributed by atoms with Crippen molar-refractivity contribution in [3.05, 3.63) is 53.5 Å². The van der Waals surface area contributed by atoms with Gasteiger partial charge in [0.05, 0.1) is 20.2 Å². The highest BCUT2D eigenvalue weighted by Gasteiger charge is 2.13. The molecule has 0 atom stereocenters. The van der Waals surface area contributed by atoms with Crippen LogP contribution >= 0.6 is 0 Å². The van der Waals surface area contributed by atoms with Crippen LogP contribution in [0.3, 0.4) is 0 Å². The Kier molecular flexibility index (Phi) is 5.54. The Morgan fingerprint density at radius 1 is 1.17 bits per heavy atom. The van der Waals surface area contributed by atoms with Crippen molar-refractivity contribution >= 4 is 17.6 Å². The molecule has 6 heteroatoms. The molecule has 0 radical (unpaired) electrons. The second kappa shape index (κ2) is 7.60. The van der Waals surface area contributed by atoms with Crippen molar-refractivity contribution in [3.8, 4) is 0 Å². The molecule has 0 unspecified atom stereocenters. The van der Waals surface area contributed by atoms with Gasteiger partial charge in [0.1, 0.15) is 5.76 Å². The number of amides is 1. The number of hydrogen-bond donors (Lipinski definition) is 1. The lowest BCUT2D eigenvalue weighted by Gasteiger charge is -2.14. The van der Waals surface area contributed by atoms with Crippen molar-refractivity contribution in [2.75, 3.05) is 26.0 Å². The molecule has 0 fully saturated rings. The molecule has 2 rings (SSSR count). The highest BCUT2D eigenvalue weighted by Crippen LogP contribution is 2.12. The summed E-state index contributed by atoms with van der Waals surface area (Å²) < 4.78 is 9.96. The third kappa shape index (κ3) is 4.96. The molecule has 23 heavy (non-hydrogen) atoms. The molecule has 0 aliphatic carbocycles. The van der Waals surface area contributed by atoms with Gasteiger partial charge < -0.3 is 14.5 Å². The van der Waals surface area contributed by atoms with Crippen LogP contribution in [0.2, 0.25) is 0 Å². The maximum Gasteiger partial charge on any atom is 0.373 e. The van der Waals surface area contributed by atoms with Gasteiger partial charge in [0.15, 0.2) is 0 Å². The quantitative estimate of drug-likeness (QED) is 0.829. The van der Waals surface area contributed by atoms with Crippen LogP contribution in [0.5, 0.6) is 0 Å². The number of benzene rings is 1. The molecule has 1 heterocycles. The van der Waals surface area contributed by atoms with Crippen molar-refractivity contribution in [2.45, 2.75) is 13.5 Å². The molecule has 0 aliphatic heterocycles. The minimum absolute atomic E-state index is 0.115. The van der Waals surface area contributed by atoms with E-state index in [1.807, 2.05) is 31.2 Å². The van der Waals surface area contributed by atoms with Crippen molar-refractivity contribution in [2.24, 2.45) is 0 Å². The fourth-order valence-electron chi connectivity index (χ4n) is 2.08. The molecule has 1 amide bonds. The maximum absolute atomic E-state index is 12.0. The first-order chi connectivity index (χ1) is 11.0. The largest absolute Gasteiger partial charge is 0.463 e. The summed E-state index contributed by atoms with van der Waals surface area (Å²) in [4.78, 5) is 25.1. The standard InChI is InChI=1S/C17H20N2O4/c1-12-4-6-13(7-5-12)18-16(20)11-19(2)10-14-8-9-15(23-14)17(21)22-3/h4-9H,10-11H2,1-3H3,(H,18,20). The van der Waals surface area contributed by atoms with E-state index in [-0.39, 0.29) is 18.2 Å². The molecule has 122 valence electrons. The van der Waals surface area contributed by atoms with Crippen LogP contribution in [-0.4, -0.2) is 37.5 Å². The van der Waals surface area contributed by atoms with Crippen molar-refractivity contribution in [1.29, 1.82) is 0 Å². The zero-order valence-electron chi connectivity index (χ0n) is 13.5. The van der Waals surface area contributed by atoms with E-state index in [1.165, 1.54) is 7.11 Å². The molecule has 6 nitrogen and oxygen atoms in total. The lowest BCUT2D eigenvalue weighted by molar-refractivity contribution is -0.117. The van der Waals surface area contributed by atoms with Crippen LogP contribution in [-0.2, 0) is 16.1 Å². The third-order valence-electron chi connectivity index (χ3n) is 3.22. The normalized spacial score (nSPS) is 10.6. The summed E-state index contributed by atoms with van der Waals surface area (Å²) in [7, 11) is 3.10. The summed E-state index contributed by atoms with van der Waals surface area (Å²) >= 11 is 0. The van der Waals surface area contributed by atoms with E-state index in [1.54, 1.807) is 24.1 Å². The second-order valence-electron chi connectivity index (χ2n) is 5.34. The van der Waals surface area contributed by atoms with Gasteiger partial charge in [0.25, 0.3) is 0 Å². The Balaban J connectivity index is 1.85. The average Bonchev–Trinajstić information content (AvgIpc) is 2.97. The number of nitrogens with zero attached hydrogens (tertiary/aromatic N) is 1. The Bertz CT molecular complexity index is 676. The van der Waals surface area contributed by atoms with E-state index in [0.29, 0.717) is 12.3 Å². The highest BCUT2D eigenvalue weighted by atomic mass is 16.5. The molecule has 0 aliphatic rings. The number of nitrogens with one attached hydrogen (secondary N) is 1. The van der Waals surface area contributed by atoms with Crippen LogP contribution in [0.1, 0.15) is 21.9 Å². The van der Waals surface area contributed by atoms with E-state index in [9.17, 15) is 9.59 Å². The Labute approximate surface area is 135 Å². The van der Waals surface area contributed by atoms with E-state index in [4.69, 9.17) is 4.42 Å². The number of rotatable bonds is 6. The van der Waals surface area contributed by atoms with Gasteiger partial charge in [-0.25, -0.2) is 4.79 Å². The summed E-state index contributed by atoms with van der Waals surface area (Å²) in [5, 5.41) is 2.83. The second-order valence-corrected chi connectivity index (χ2v) is 5.34. The predicted octanol–water partition coefficient (Wildman–Crippen LogP) is 2.45. The molecule has 1 aromatic heterocycles. The number of hydrogen-bond acceptors (Lipinski definition) is 5. The molecular formula is C17H20N2O4. The molecular weight excluding hydrogens is 296 g/mol. The van der Waals surface area contributed by atoms with Gasteiger partial charge in [0.2, 0.25) is 11.7 Å². The fraction of sp³-hybridized carbons (Fsp3) is 0.294. The summed E-state index contributed by atoms with van der Waals surface area (Å²) in [6.45, 7) is 2.62. The van der Waals surface area contributed by atoms with Crippen molar-refractivity contribution < 1.29 is 18.7 Å². The monoisotopic (exact) mass is 316 g/mol. The van der Waals surface area contributed by atoms with Crippen LogP contribution in [0, 0.1) is 6.92 Å². The van der Waals surface area contributed by atoms with Crippen molar-refractivity contribution in [1.82, 2.24) is 4.90 Å². The summed E-state index contributed by atoms with van der Waals surface area (Å²) in [6, 6.07) is 10.9. The smallest absolute Gasteiger partial charge is 0.373 e. The van der Waals surface area contributed by atoms with Gasteiger partial charge in [-0.3, -0.25) is 9.69 Å². The topological polar surface area (TPSA) is 71.8 Å². The van der Waals surface area contributed by atoms with E-state index < -0.39 is 5.97 Å². The number of aryl methyl sites for hydroxylation is 1. The van der Waals surface area contributed by atoms with Crippen molar-refractivity contribution in [3.63, 3.8) is 0 Å². The fourth-order valence-corrected chi connectivity index (χ4v) is 2.08. The lowest BCUT2D eigenvalue weighted by atomic mass is 10.2. The molecule has 2 aromatic rings. The van der Waals surface area contributed by atoms with Crippen LogP contribution < -0.4 is 5.32 Å². The molecule has 0 saturated heterocycles. The lowest BCUT2D eigenvalue weighted by Crippen LogP contribution is -2.29. The minimum Gasteiger partial charge on any atom is -0.463 e. The Hall–Kier alpha value is -2.60. The van der Waals surface area contributed by atoms with Crippen LogP contribution in [0.15, 0.2) is 40.8 Å². The first-order valence-electron chi connectivity index (χ1n) is 7.20. The molecule has 0 spiro atoms. The number of ether oxygens (including phenoxy) is 1. The maximum atomic E-state index is 12.0. The molecule has 1 N–H and O–H groups in total. The van der Waals surface area contributed by atoms with Gasteiger partial charge >= 0.3 is 5.97 Å². The average molecular weight is 316 g/mol. The number of furan rings is 1. The first kappa shape index (κ1) is 16.8. The minimum atomic E-state index is -0.518. The summed E-state index contributed by atoms with van der Waals surface area (Å²) in [5.74, 6) is 0.114. The number of carbonyl (C=O) groups excluding carboxylic acids is 2. The van der Waals surface area contributed by atoms with Gasteiger partial charge in [-0.05, 0) is 38.2 Å². The number of anilines is 1. The molecule has 0 bridgehead atoms. The van der Waals surface area contributed by atoms with Gasteiger partial charge in [0, 0.05) is 5.69 Å². The van der Waals surface area contributed by atoms with E-state index in [0.717, 1.165) is 11.3 Å². The SMILES string of the molecule is COC(=O)c1ccc(CN(C)CC(=O)Nc2ccc(C)cc2)o1. The summed E-state index contributed by atoms with van der Waals surface area (Å²) in [5.41, 5.74) is 1.90. The van der Waals surface area contributed by atoms with Crippen LogP contribution in [0.4, 0.5) is 5.69 Å². The third-order valence-corrected chi connectivity index (χ3v) is 3.22. The van der Waals surface area contributed by atoms with Gasteiger partial charge in [-0.1, -0.05) is 17.7 Å². The van der Waals surface area contributed by atoms with Gasteiger partial charge in [-0.2, -0.15) is 0 Å². The molecule has 1 aromatic carbocycles. The first-order valence-corrected chi connectivity index (χ1v) is 7.20. The van der Waals surface area contributed by atoms with E-state index >= 15 is 0 Å². The Morgan fingerprint density at radius 3 is 2.52 bits per heavy atom. The van der Waals surface area contributed by atoms with Crippen LogP contribution in [0.25, 0.3) is 0 Å². The van der Waals surface area contributed by atoms with Gasteiger partial charge in [-0.15, -0.1) is 0 Å². The summed E-state index contributed by atoms with van der Waals surface area (Å²) in [6.07, 6.45) is 0. The zero-order chi connectivity index (χ0) is 16.8. The number of esters is 1. The number of methoxy groups -OCH3 is 1. The Morgan fingerprint density at radius 2 is 1.87 bits per heavy atom. The highest BCUT2D eigenvalue weighted by molar-refractivity contribution is 5.92. The number of likely N-dealkylation sites (N-methyl/N-ethyl adjacent to an activating group) is 1. The van der Waals surface area contributed by atoms with E-state index in [2.05, 4.69) is 10.1 Å². The predicted molar refractivity (Wildman–Crippen MR) is 86.2 cm³/mol. The zero-order valence-corrected chi connectivity index (χ0v) is 13.5. The number of carbonyl (C=O) groups is 2.